The van der Waals surface area contributed by atoms with Crippen LogP contribution in [0.25, 0.3) is 22.4 Å². The molecule has 1 aliphatic heterocycles. The number of halogens is 1. The number of hydrogen-bond acceptors (Lipinski definition) is 4. The van der Waals surface area contributed by atoms with Gasteiger partial charge in [0.05, 0.1) is 21.7 Å². The maximum Gasteiger partial charge on any atom is 0.255 e. The van der Waals surface area contributed by atoms with Crippen molar-refractivity contribution in [1.82, 2.24) is 15.4 Å². The van der Waals surface area contributed by atoms with E-state index in [9.17, 15) is 14.4 Å². The fourth-order valence-electron chi connectivity index (χ4n) is 3.62. The van der Waals surface area contributed by atoms with Crippen LogP contribution in [-0.2, 0) is 9.59 Å². The first-order valence-electron chi connectivity index (χ1n) is 10.3. The SMILES string of the molecule is O=C1CCC(=O)N(c2ccc(C(=O)Nc3ccc4nc(-c5ccccc5Cl)[nH]c4c3)cc2)N1. The molecule has 0 saturated carbocycles. The zero-order valence-electron chi connectivity index (χ0n) is 17.3. The van der Waals surface area contributed by atoms with Crippen LogP contribution in [0.5, 0.6) is 0 Å². The molecule has 9 heteroatoms. The Bertz CT molecular complexity index is 1400. The minimum absolute atomic E-state index is 0.155. The number of hydrogen-bond donors (Lipinski definition) is 3. The largest absolute Gasteiger partial charge is 0.338 e. The molecule has 1 aromatic heterocycles. The summed E-state index contributed by atoms with van der Waals surface area (Å²) in [6, 6.07) is 19.3. The van der Waals surface area contributed by atoms with Crippen molar-refractivity contribution in [2.24, 2.45) is 0 Å². The quantitative estimate of drug-likeness (QED) is 0.423. The van der Waals surface area contributed by atoms with Gasteiger partial charge in [0.15, 0.2) is 0 Å². The Kier molecular flexibility index (Phi) is 5.27. The van der Waals surface area contributed by atoms with Crippen molar-refractivity contribution in [1.29, 1.82) is 0 Å². The summed E-state index contributed by atoms with van der Waals surface area (Å²) < 4.78 is 0. The van der Waals surface area contributed by atoms with Crippen LogP contribution in [0.2, 0.25) is 5.02 Å². The number of H-pyrrole nitrogens is 1. The molecule has 0 unspecified atom stereocenters. The summed E-state index contributed by atoms with van der Waals surface area (Å²) in [5.74, 6) is -0.0751. The molecule has 3 aromatic carbocycles. The minimum Gasteiger partial charge on any atom is -0.338 e. The topological polar surface area (TPSA) is 107 Å². The first-order valence-corrected chi connectivity index (χ1v) is 10.6. The number of rotatable bonds is 4. The highest BCUT2D eigenvalue weighted by atomic mass is 35.5. The molecule has 5 rings (SSSR count). The summed E-state index contributed by atoms with van der Waals surface area (Å²) in [6.07, 6.45) is 0.332. The molecule has 1 aliphatic rings. The summed E-state index contributed by atoms with van der Waals surface area (Å²) in [7, 11) is 0. The molecule has 8 nitrogen and oxygen atoms in total. The summed E-state index contributed by atoms with van der Waals surface area (Å²) in [4.78, 5) is 44.1. The third-order valence-electron chi connectivity index (χ3n) is 5.31. The average molecular weight is 460 g/mol. The number of carbonyl (C=O) groups excluding carboxylic acids is 3. The van der Waals surface area contributed by atoms with Crippen LogP contribution in [0.3, 0.4) is 0 Å². The van der Waals surface area contributed by atoms with E-state index < -0.39 is 0 Å². The highest BCUT2D eigenvalue weighted by Gasteiger charge is 2.24. The van der Waals surface area contributed by atoms with E-state index in [0.717, 1.165) is 16.6 Å². The first kappa shape index (κ1) is 20.7. The van der Waals surface area contributed by atoms with Crippen molar-refractivity contribution < 1.29 is 14.4 Å². The lowest BCUT2D eigenvalue weighted by Gasteiger charge is -2.27. The maximum atomic E-state index is 12.7. The predicted octanol–water partition coefficient (Wildman–Crippen LogP) is 4.29. The van der Waals surface area contributed by atoms with Crippen LogP contribution in [0.15, 0.2) is 66.7 Å². The number of benzene rings is 3. The van der Waals surface area contributed by atoms with Gasteiger partial charge in [-0.3, -0.25) is 19.8 Å². The molecule has 3 amide bonds. The van der Waals surface area contributed by atoms with Gasteiger partial charge in [0.2, 0.25) is 11.8 Å². The number of amides is 3. The van der Waals surface area contributed by atoms with Crippen LogP contribution in [0.4, 0.5) is 11.4 Å². The molecule has 3 N–H and O–H groups in total. The second kappa shape index (κ2) is 8.40. The number of anilines is 2. The lowest BCUT2D eigenvalue weighted by molar-refractivity contribution is -0.130. The second-order valence-electron chi connectivity index (χ2n) is 7.56. The number of imidazole rings is 1. The van der Waals surface area contributed by atoms with Gasteiger partial charge in [0, 0.05) is 29.7 Å². The fraction of sp³-hybridized carbons (Fsp3) is 0.0833. The van der Waals surface area contributed by atoms with Gasteiger partial charge in [-0.25, -0.2) is 9.99 Å². The number of hydrazine groups is 1. The molecule has 0 atom stereocenters. The van der Waals surface area contributed by atoms with Crippen LogP contribution in [0.1, 0.15) is 23.2 Å². The highest BCUT2D eigenvalue weighted by molar-refractivity contribution is 6.33. The normalized spacial score (nSPS) is 13.8. The van der Waals surface area contributed by atoms with E-state index in [2.05, 4.69) is 20.7 Å². The zero-order chi connectivity index (χ0) is 22.9. The standard InChI is InChI=1S/C24H18ClN5O3/c25-18-4-2-1-3-17(18)23-27-19-10-7-15(13-20(19)28-23)26-24(33)14-5-8-16(9-6-14)30-22(32)12-11-21(31)29-30/h1-10,13H,11-12H2,(H,26,33)(H,27,28)(H,29,31). The van der Waals surface area contributed by atoms with Crippen LogP contribution in [0, 0.1) is 0 Å². The van der Waals surface area contributed by atoms with Crippen LogP contribution in [-0.4, -0.2) is 27.7 Å². The van der Waals surface area contributed by atoms with Crippen molar-refractivity contribution in [3.8, 4) is 11.4 Å². The lowest BCUT2D eigenvalue weighted by atomic mass is 10.1. The number of nitrogens with one attached hydrogen (secondary N) is 3. The zero-order valence-corrected chi connectivity index (χ0v) is 18.0. The smallest absolute Gasteiger partial charge is 0.255 e. The van der Waals surface area contributed by atoms with Crippen molar-refractivity contribution in [2.75, 3.05) is 10.3 Å². The van der Waals surface area contributed by atoms with Gasteiger partial charge in [-0.05, 0) is 54.6 Å². The molecule has 1 fully saturated rings. The lowest BCUT2D eigenvalue weighted by Crippen LogP contribution is -2.50. The van der Waals surface area contributed by atoms with Gasteiger partial charge < -0.3 is 10.3 Å². The van der Waals surface area contributed by atoms with Gasteiger partial charge in [-0.2, -0.15) is 0 Å². The van der Waals surface area contributed by atoms with E-state index in [1.54, 1.807) is 42.5 Å². The Morgan fingerprint density at radius 1 is 1.00 bits per heavy atom. The average Bonchev–Trinajstić information content (AvgIpc) is 3.24. The van der Waals surface area contributed by atoms with E-state index in [1.165, 1.54) is 5.01 Å². The number of aromatic amines is 1. The third-order valence-corrected chi connectivity index (χ3v) is 5.64. The van der Waals surface area contributed by atoms with Gasteiger partial charge in [0.25, 0.3) is 5.91 Å². The highest BCUT2D eigenvalue weighted by Crippen LogP contribution is 2.28. The molecular weight excluding hydrogens is 442 g/mol. The minimum atomic E-state index is -0.305. The number of aromatic nitrogens is 2. The first-order chi connectivity index (χ1) is 16.0. The summed E-state index contributed by atoms with van der Waals surface area (Å²) >= 11 is 6.27. The molecule has 0 bridgehead atoms. The molecule has 4 aromatic rings. The van der Waals surface area contributed by atoms with E-state index in [0.29, 0.717) is 27.8 Å². The number of nitrogens with zero attached hydrogens (tertiary/aromatic N) is 2. The Morgan fingerprint density at radius 2 is 1.79 bits per heavy atom. The number of fused-ring (bicyclic) bond motifs is 1. The van der Waals surface area contributed by atoms with Gasteiger partial charge in [0.1, 0.15) is 5.82 Å². The van der Waals surface area contributed by atoms with Crippen molar-refractivity contribution in [3.63, 3.8) is 0 Å². The van der Waals surface area contributed by atoms with Crippen molar-refractivity contribution in [2.45, 2.75) is 12.8 Å². The van der Waals surface area contributed by atoms with Gasteiger partial charge >= 0.3 is 0 Å². The molecule has 0 aliphatic carbocycles. The van der Waals surface area contributed by atoms with Gasteiger partial charge in [-0.1, -0.05) is 23.7 Å². The molecule has 164 valence electrons. The Morgan fingerprint density at radius 3 is 2.58 bits per heavy atom. The number of carbonyl (C=O) groups is 3. The summed E-state index contributed by atoms with van der Waals surface area (Å²) in [5.41, 5.74) is 6.35. The van der Waals surface area contributed by atoms with E-state index in [4.69, 9.17) is 11.6 Å². The van der Waals surface area contributed by atoms with Crippen LogP contribution >= 0.6 is 11.6 Å². The van der Waals surface area contributed by atoms with Crippen molar-refractivity contribution in [3.05, 3.63) is 77.3 Å². The second-order valence-corrected chi connectivity index (χ2v) is 7.97. The molecular formula is C24H18ClN5O3. The van der Waals surface area contributed by atoms with E-state index in [1.807, 2.05) is 24.3 Å². The molecule has 33 heavy (non-hydrogen) atoms. The predicted molar refractivity (Wildman–Crippen MR) is 126 cm³/mol. The maximum absolute atomic E-state index is 12.7. The van der Waals surface area contributed by atoms with Crippen molar-refractivity contribution >= 4 is 51.7 Å². The summed E-state index contributed by atoms with van der Waals surface area (Å²) in [5, 5.41) is 4.66. The molecule has 1 saturated heterocycles. The monoisotopic (exact) mass is 459 g/mol. The molecule has 0 spiro atoms. The molecule has 2 heterocycles. The molecule has 0 radical (unpaired) electrons. The Balaban J connectivity index is 1.33. The fourth-order valence-corrected chi connectivity index (χ4v) is 3.84. The van der Waals surface area contributed by atoms with E-state index >= 15 is 0 Å². The Hall–Kier alpha value is -4.17. The van der Waals surface area contributed by atoms with E-state index in [-0.39, 0.29) is 30.6 Å². The Labute approximate surface area is 193 Å². The summed E-state index contributed by atoms with van der Waals surface area (Å²) in [6.45, 7) is 0. The van der Waals surface area contributed by atoms with Gasteiger partial charge in [-0.15, -0.1) is 0 Å². The third kappa shape index (κ3) is 4.16. The van der Waals surface area contributed by atoms with Crippen LogP contribution < -0.4 is 15.8 Å².